The van der Waals surface area contributed by atoms with Crippen LogP contribution in [0.1, 0.15) is 53.9 Å². The van der Waals surface area contributed by atoms with Gasteiger partial charge in [0.2, 0.25) is 0 Å². The lowest BCUT2D eigenvalue weighted by Crippen LogP contribution is -2.04. The molecule has 0 heterocycles. The summed E-state index contributed by atoms with van der Waals surface area (Å²) in [6.07, 6.45) is 6.23. The molecule has 0 N–H and O–H groups in total. The third-order valence-electron chi connectivity index (χ3n) is 2.52. The van der Waals surface area contributed by atoms with Gasteiger partial charge in [-0.15, -0.1) is 0 Å². The van der Waals surface area contributed by atoms with E-state index in [-0.39, 0.29) is 0 Å². The van der Waals surface area contributed by atoms with E-state index in [0.717, 1.165) is 11.8 Å². The van der Waals surface area contributed by atoms with Gasteiger partial charge in [0.15, 0.2) is 0 Å². The topological polar surface area (TPSA) is 0 Å². The summed E-state index contributed by atoms with van der Waals surface area (Å²) < 4.78 is 0. The molecular formula is C12H24. The molecule has 0 nitrogen and oxygen atoms in total. The lowest BCUT2D eigenvalue weighted by molar-refractivity contribution is 0.563. The normalized spacial score (nSPS) is 15.3. The summed E-state index contributed by atoms with van der Waals surface area (Å²) in [5.74, 6) is 1.50. The van der Waals surface area contributed by atoms with Crippen molar-refractivity contribution in [3.63, 3.8) is 0 Å². The van der Waals surface area contributed by atoms with E-state index in [9.17, 15) is 0 Å². The first kappa shape index (κ1) is 11.7. The van der Waals surface area contributed by atoms with Gasteiger partial charge in [-0.2, -0.15) is 0 Å². The van der Waals surface area contributed by atoms with Crippen molar-refractivity contribution in [2.45, 2.75) is 53.9 Å². The molecule has 0 heteroatoms. The van der Waals surface area contributed by atoms with E-state index >= 15 is 0 Å². The van der Waals surface area contributed by atoms with Gasteiger partial charge in [-0.25, -0.2) is 0 Å². The molecule has 0 saturated heterocycles. The fourth-order valence-corrected chi connectivity index (χ4v) is 1.55. The Labute approximate surface area is 78.1 Å². The van der Waals surface area contributed by atoms with Crippen LogP contribution in [0.5, 0.6) is 0 Å². The summed E-state index contributed by atoms with van der Waals surface area (Å²) >= 11 is 0. The summed E-state index contributed by atoms with van der Waals surface area (Å²) in [4.78, 5) is 0. The Kier molecular flexibility index (Phi) is 6.14. The van der Waals surface area contributed by atoms with Gasteiger partial charge in [0.1, 0.15) is 0 Å². The van der Waals surface area contributed by atoms with Crippen LogP contribution < -0.4 is 0 Å². The summed E-state index contributed by atoms with van der Waals surface area (Å²) in [5, 5.41) is 0. The van der Waals surface area contributed by atoms with Gasteiger partial charge in [-0.1, -0.05) is 52.7 Å². The van der Waals surface area contributed by atoms with Crippen LogP contribution in [0.4, 0.5) is 0 Å². The molecule has 0 aromatic carbocycles. The predicted octanol–water partition coefficient (Wildman–Crippen LogP) is 4.42. The minimum atomic E-state index is 0.728. The van der Waals surface area contributed by atoms with E-state index in [1.807, 2.05) is 0 Å². The molecule has 0 aromatic rings. The molecular weight excluding hydrogens is 144 g/mol. The second-order valence-electron chi connectivity index (χ2n) is 3.96. The average molecular weight is 168 g/mol. The van der Waals surface area contributed by atoms with Gasteiger partial charge < -0.3 is 0 Å². The van der Waals surface area contributed by atoms with Crippen LogP contribution in [0.2, 0.25) is 0 Å². The number of hydrogen-bond acceptors (Lipinski definition) is 0. The Morgan fingerprint density at radius 3 is 2.08 bits per heavy atom. The summed E-state index contributed by atoms with van der Waals surface area (Å²) in [5.41, 5.74) is 1.65. The molecule has 0 aliphatic carbocycles. The van der Waals surface area contributed by atoms with Gasteiger partial charge in [-0.05, 0) is 24.7 Å². The average Bonchev–Trinajstić information content (AvgIpc) is 2.04. The van der Waals surface area contributed by atoms with Crippen LogP contribution in [0.15, 0.2) is 11.6 Å². The molecule has 0 radical (unpaired) electrons. The highest BCUT2D eigenvalue weighted by Gasteiger charge is 2.09. The number of unbranched alkanes of at least 4 members (excludes halogenated alkanes) is 1. The van der Waals surface area contributed by atoms with Gasteiger partial charge in [0.25, 0.3) is 0 Å². The van der Waals surface area contributed by atoms with E-state index in [2.05, 4.69) is 40.7 Å². The first-order chi connectivity index (χ1) is 5.63. The molecule has 12 heavy (non-hydrogen) atoms. The molecule has 0 aliphatic rings. The van der Waals surface area contributed by atoms with Crippen molar-refractivity contribution in [2.24, 2.45) is 11.8 Å². The molecule has 72 valence electrons. The number of hydrogen-bond donors (Lipinski definition) is 0. The molecule has 0 aromatic heterocycles. The first-order valence-electron chi connectivity index (χ1n) is 5.33. The van der Waals surface area contributed by atoms with Gasteiger partial charge in [0, 0.05) is 0 Å². The Hall–Kier alpha value is -0.260. The second kappa shape index (κ2) is 6.28. The maximum Gasteiger partial charge on any atom is -0.0232 e. The number of allylic oxidation sites excluding steroid dienone is 2. The van der Waals surface area contributed by atoms with E-state index in [1.54, 1.807) is 5.57 Å². The molecule has 1 atom stereocenters. The Balaban J connectivity index is 4.21. The summed E-state index contributed by atoms with van der Waals surface area (Å²) in [6.45, 7) is 11.4. The van der Waals surface area contributed by atoms with Crippen molar-refractivity contribution in [1.29, 1.82) is 0 Å². The maximum absolute atomic E-state index is 2.44. The number of rotatable bonds is 5. The predicted molar refractivity (Wildman–Crippen MR) is 57.3 cm³/mol. The van der Waals surface area contributed by atoms with Gasteiger partial charge >= 0.3 is 0 Å². The molecule has 0 rings (SSSR count). The van der Waals surface area contributed by atoms with Crippen molar-refractivity contribution in [3.8, 4) is 0 Å². The summed E-state index contributed by atoms with van der Waals surface area (Å²) in [7, 11) is 0. The van der Waals surface area contributed by atoms with E-state index in [1.165, 1.54) is 19.3 Å². The second-order valence-corrected chi connectivity index (χ2v) is 3.96. The highest BCUT2D eigenvalue weighted by Crippen LogP contribution is 2.22. The molecule has 0 fully saturated rings. The monoisotopic (exact) mass is 168 g/mol. The molecule has 0 bridgehead atoms. The van der Waals surface area contributed by atoms with Crippen LogP contribution in [0.25, 0.3) is 0 Å². The van der Waals surface area contributed by atoms with Crippen LogP contribution in [0.3, 0.4) is 0 Å². The Bertz CT molecular complexity index is 131. The van der Waals surface area contributed by atoms with Crippen LogP contribution in [-0.4, -0.2) is 0 Å². The fraction of sp³-hybridized carbons (Fsp3) is 0.833. The van der Waals surface area contributed by atoms with E-state index < -0.39 is 0 Å². The van der Waals surface area contributed by atoms with Crippen molar-refractivity contribution in [1.82, 2.24) is 0 Å². The third kappa shape index (κ3) is 3.94. The van der Waals surface area contributed by atoms with Crippen molar-refractivity contribution >= 4 is 0 Å². The van der Waals surface area contributed by atoms with Crippen LogP contribution in [0, 0.1) is 11.8 Å². The molecule has 0 spiro atoms. The van der Waals surface area contributed by atoms with E-state index in [0.29, 0.717) is 0 Å². The fourth-order valence-electron chi connectivity index (χ4n) is 1.55. The van der Waals surface area contributed by atoms with Gasteiger partial charge in [-0.3, -0.25) is 0 Å². The Morgan fingerprint density at radius 1 is 1.17 bits per heavy atom. The SMILES string of the molecule is CCCC=C(C(C)C)C(C)CC. The Morgan fingerprint density at radius 2 is 1.75 bits per heavy atom. The minimum absolute atomic E-state index is 0.728. The summed E-state index contributed by atoms with van der Waals surface area (Å²) in [6, 6.07) is 0. The van der Waals surface area contributed by atoms with Crippen molar-refractivity contribution in [3.05, 3.63) is 11.6 Å². The molecule has 0 saturated carbocycles. The zero-order valence-corrected chi connectivity index (χ0v) is 9.35. The third-order valence-corrected chi connectivity index (χ3v) is 2.52. The molecule has 1 unspecified atom stereocenters. The lowest BCUT2D eigenvalue weighted by Gasteiger charge is -2.17. The van der Waals surface area contributed by atoms with Crippen LogP contribution >= 0.6 is 0 Å². The zero-order valence-electron chi connectivity index (χ0n) is 9.35. The van der Waals surface area contributed by atoms with Crippen molar-refractivity contribution < 1.29 is 0 Å². The molecule has 0 amide bonds. The molecule has 0 aliphatic heterocycles. The van der Waals surface area contributed by atoms with Crippen molar-refractivity contribution in [2.75, 3.05) is 0 Å². The lowest BCUT2D eigenvalue weighted by atomic mass is 9.88. The first-order valence-corrected chi connectivity index (χ1v) is 5.33. The quantitative estimate of drug-likeness (QED) is 0.533. The van der Waals surface area contributed by atoms with E-state index in [4.69, 9.17) is 0 Å². The zero-order chi connectivity index (χ0) is 9.56. The smallest absolute Gasteiger partial charge is 0.0232 e. The highest BCUT2D eigenvalue weighted by atomic mass is 14.1. The van der Waals surface area contributed by atoms with Crippen LogP contribution in [-0.2, 0) is 0 Å². The highest BCUT2D eigenvalue weighted by molar-refractivity contribution is 5.08. The largest absolute Gasteiger partial charge is 0.0848 e. The maximum atomic E-state index is 2.44. The minimum Gasteiger partial charge on any atom is -0.0848 e. The van der Waals surface area contributed by atoms with Gasteiger partial charge in [0.05, 0.1) is 0 Å². The standard InChI is InChI=1S/C12H24/c1-6-8-9-12(10(3)4)11(5)7-2/h9-11H,6-8H2,1-5H3.